The lowest BCUT2D eigenvalue weighted by Crippen LogP contribution is -2.06. The second-order valence-corrected chi connectivity index (χ2v) is 4.07. The van der Waals surface area contributed by atoms with Gasteiger partial charge in [-0.15, -0.1) is 0 Å². The Hall–Kier alpha value is -2.97. The molecule has 20 heavy (non-hydrogen) atoms. The van der Waals surface area contributed by atoms with Gasteiger partial charge in [-0.2, -0.15) is 4.98 Å². The van der Waals surface area contributed by atoms with Crippen LogP contribution in [-0.4, -0.2) is 31.6 Å². The highest BCUT2D eigenvalue weighted by molar-refractivity contribution is 5.79. The van der Waals surface area contributed by atoms with E-state index in [1.807, 2.05) is 0 Å². The number of aromatic amines is 1. The lowest BCUT2D eigenvalue weighted by atomic mass is 10.3. The summed E-state index contributed by atoms with van der Waals surface area (Å²) in [5.41, 5.74) is 1.30. The van der Waals surface area contributed by atoms with Crippen molar-refractivity contribution in [1.29, 1.82) is 0 Å². The highest BCUT2D eigenvalue weighted by atomic mass is 16.6. The van der Waals surface area contributed by atoms with Crippen molar-refractivity contribution in [2.75, 3.05) is 11.9 Å². The molecule has 0 fully saturated rings. The molecule has 0 aliphatic carbocycles. The molecule has 0 bridgehead atoms. The lowest BCUT2D eigenvalue weighted by molar-refractivity contribution is -0.384. The first-order valence-corrected chi connectivity index (χ1v) is 5.85. The number of non-ortho nitro benzene ring substituents is 1. The Morgan fingerprint density at radius 2 is 2.35 bits per heavy atom. The zero-order chi connectivity index (χ0) is 13.9. The summed E-state index contributed by atoms with van der Waals surface area (Å²) in [6.07, 6.45) is 1.86. The fourth-order valence-corrected chi connectivity index (χ4v) is 1.79. The van der Waals surface area contributed by atoms with E-state index in [1.165, 1.54) is 18.5 Å². The Balaban J connectivity index is 1.70. The summed E-state index contributed by atoms with van der Waals surface area (Å²) in [7, 11) is 0. The summed E-state index contributed by atoms with van der Waals surface area (Å²) < 4.78 is 4.62. The van der Waals surface area contributed by atoms with Gasteiger partial charge in [0.25, 0.3) is 5.69 Å². The maximum Gasteiger partial charge on any atom is 0.271 e. The first-order chi connectivity index (χ1) is 9.72. The SMILES string of the molecule is O=[N+]([O-])c1ccc2nc(NCCc3ncon3)[nH]c2c1. The van der Waals surface area contributed by atoms with E-state index >= 15 is 0 Å². The smallest absolute Gasteiger partial charge is 0.271 e. The molecule has 102 valence electrons. The van der Waals surface area contributed by atoms with Crippen molar-refractivity contribution in [3.8, 4) is 0 Å². The van der Waals surface area contributed by atoms with Gasteiger partial charge < -0.3 is 14.8 Å². The molecule has 2 heterocycles. The van der Waals surface area contributed by atoms with Crippen LogP contribution in [0.25, 0.3) is 11.0 Å². The Kier molecular flexibility index (Phi) is 2.99. The summed E-state index contributed by atoms with van der Waals surface area (Å²) in [4.78, 5) is 21.4. The fraction of sp³-hybridized carbons (Fsp3) is 0.182. The molecule has 9 heteroatoms. The van der Waals surface area contributed by atoms with Crippen LogP contribution in [0.1, 0.15) is 5.82 Å². The number of benzene rings is 1. The molecule has 0 saturated carbocycles. The first kappa shape index (κ1) is 12.1. The minimum absolute atomic E-state index is 0.0273. The van der Waals surface area contributed by atoms with Crippen molar-refractivity contribution in [1.82, 2.24) is 20.1 Å². The second kappa shape index (κ2) is 4.96. The minimum atomic E-state index is -0.441. The van der Waals surface area contributed by atoms with Gasteiger partial charge in [-0.3, -0.25) is 10.1 Å². The van der Waals surface area contributed by atoms with Crippen LogP contribution < -0.4 is 5.32 Å². The van der Waals surface area contributed by atoms with E-state index in [1.54, 1.807) is 6.07 Å². The molecule has 3 rings (SSSR count). The predicted molar refractivity (Wildman–Crippen MR) is 69.2 cm³/mol. The zero-order valence-electron chi connectivity index (χ0n) is 10.2. The number of nitro benzene ring substituents is 1. The maximum absolute atomic E-state index is 10.7. The average molecular weight is 274 g/mol. The van der Waals surface area contributed by atoms with Gasteiger partial charge in [-0.1, -0.05) is 5.16 Å². The number of imidazole rings is 1. The van der Waals surface area contributed by atoms with Gasteiger partial charge in [-0.25, -0.2) is 4.98 Å². The Morgan fingerprint density at radius 3 is 3.10 bits per heavy atom. The molecule has 2 aromatic heterocycles. The van der Waals surface area contributed by atoms with Crippen LogP contribution in [0.15, 0.2) is 29.1 Å². The minimum Gasteiger partial charge on any atom is -0.355 e. The molecule has 0 saturated heterocycles. The summed E-state index contributed by atoms with van der Waals surface area (Å²) in [5.74, 6) is 1.15. The van der Waals surface area contributed by atoms with Crippen LogP contribution in [-0.2, 0) is 6.42 Å². The Bertz CT molecular complexity index is 736. The molecule has 0 amide bonds. The van der Waals surface area contributed by atoms with Gasteiger partial charge >= 0.3 is 0 Å². The van der Waals surface area contributed by atoms with Gasteiger partial charge in [0.05, 0.1) is 16.0 Å². The quantitative estimate of drug-likeness (QED) is 0.533. The fourth-order valence-electron chi connectivity index (χ4n) is 1.79. The summed E-state index contributed by atoms with van der Waals surface area (Å²) in [6.45, 7) is 0.571. The van der Waals surface area contributed by atoms with Crippen LogP contribution in [0.2, 0.25) is 0 Å². The number of nitro groups is 1. The number of hydrogen-bond donors (Lipinski definition) is 2. The molecule has 0 unspecified atom stereocenters. The molecule has 0 aliphatic heterocycles. The number of nitrogens with zero attached hydrogens (tertiary/aromatic N) is 4. The molecular weight excluding hydrogens is 264 g/mol. The third-order valence-corrected chi connectivity index (χ3v) is 2.72. The van der Waals surface area contributed by atoms with Crippen LogP contribution in [0, 0.1) is 10.1 Å². The van der Waals surface area contributed by atoms with Crippen molar-refractivity contribution in [2.45, 2.75) is 6.42 Å². The van der Waals surface area contributed by atoms with E-state index in [0.717, 1.165) is 0 Å². The Labute approximate surface area is 112 Å². The molecule has 3 aromatic rings. The number of aromatic nitrogens is 4. The van der Waals surface area contributed by atoms with Crippen LogP contribution >= 0.6 is 0 Å². The van der Waals surface area contributed by atoms with Gasteiger partial charge in [-0.05, 0) is 6.07 Å². The van der Waals surface area contributed by atoms with E-state index in [0.29, 0.717) is 35.8 Å². The molecule has 0 spiro atoms. The zero-order valence-corrected chi connectivity index (χ0v) is 10.2. The number of nitrogens with one attached hydrogen (secondary N) is 2. The number of H-pyrrole nitrogens is 1. The average Bonchev–Trinajstić information content (AvgIpc) is 3.06. The second-order valence-electron chi connectivity index (χ2n) is 4.07. The van der Waals surface area contributed by atoms with Crippen molar-refractivity contribution in [3.63, 3.8) is 0 Å². The third-order valence-electron chi connectivity index (χ3n) is 2.72. The lowest BCUT2D eigenvalue weighted by Gasteiger charge is -1.98. The molecule has 1 aromatic carbocycles. The van der Waals surface area contributed by atoms with Gasteiger partial charge in [0.15, 0.2) is 5.82 Å². The number of rotatable bonds is 5. The summed E-state index contributed by atoms with van der Waals surface area (Å²) in [6, 6.07) is 4.48. The Morgan fingerprint density at radius 1 is 1.45 bits per heavy atom. The topological polar surface area (TPSA) is 123 Å². The van der Waals surface area contributed by atoms with Crippen LogP contribution in [0.4, 0.5) is 11.6 Å². The van der Waals surface area contributed by atoms with E-state index in [2.05, 4.69) is 29.9 Å². The van der Waals surface area contributed by atoms with E-state index in [-0.39, 0.29) is 5.69 Å². The van der Waals surface area contributed by atoms with Gasteiger partial charge in [0, 0.05) is 25.1 Å². The molecule has 0 radical (unpaired) electrons. The molecule has 0 atom stereocenters. The summed E-state index contributed by atoms with van der Waals surface area (Å²) in [5, 5.41) is 17.4. The standard InChI is InChI=1S/C11H10N6O3/c18-17(19)7-1-2-8-9(5-7)15-11(14-8)12-4-3-10-13-6-20-16-10/h1-2,5-6H,3-4H2,(H2,12,14,15). The maximum atomic E-state index is 10.7. The van der Waals surface area contributed by atoms with Crippen LogP contribution in [0.3, 0.4) is 0 Å². The molecule has 2 N–H and O–H groups in total. The first-order valence-electron chi connectivity index (χ1n) is 5.85. The number of hydrogen-bond acceptors (Lipinski definition) is 7. The number of fused-ring (bicyclic) bond motifs is 1. The van der Waals surface area contributed by atoms with Crippen LogP contribution in [0.5, 0.6) is 0 Å². The van der Waals surface area contributed by atoms with Gasteiger partial charge in [0.1, 0.15) is 0 Å². The monoisotopic (exact) mass is 274 g/mol. The van der Waals surface area contributed by atoms with E-state index < -0.39 is 4.92 Å². The third kappa shape index (κ3) is 2.41. The van der Waals surface area contributed by atoms with Crippen molar-refractivity contribution in [2.24, 2.45) is 0 Å². The molecular formula is C11H10N6O3. The van der Waals surface area contributed by atoms with E-state index in [4.69, 9.17) is 0 Å². The highest BCUT2D eigenvalue weighted by Crippen LogP contribution is 2.20. The highest BCUT2D eigenvalue weighted by Gasteiger charge is 2.09. The number of anilines is 1. The van der Waals surface area contributed by atoms with Crippen molar-refractivity contribution in [3.05, 3.63) is 40.5 Å². The van der Waals surface area contributed by atoms with Crippen molar-refractivity contribution >= 4 is 22.7 Å². The summed E-state index contributed by atoms with van der Waals surface area (Å²) >= 11 is 0. The van der Waals surface area contributed by atoms with Crippen molar-refractivity contribution < 1.29 is 9.45 Å². The largest absolute Gasteiger partial charge is 0.355 e. The molecule has 9 nitrogen and oxygen atoms in total. The van der Waals surface area contributed by atoms with E-state index in [9.17, 15) is 10.1 Å². The normalized spacial score (nSPS) is 10.8. The van der Waals surface area contributed by atoms with Gasteiger partial charge in [0.2, 0.25) is 12.3 Å². The predicted octanol–water partition coefficient (Wildman–Crippen LogP) is 1.51. The molecule has 0 aliphatic rings.